The molecule has 0 radical (unpaired) electrons. The Kier molecular flexibility index (Phi) is 5.87. The van der Waals surface area contributed by atoms with Crippen LogP contribution in [0.5, 0.6) is 0 Å². The standard InChI is InChI=1S/C24H18N2O5S/c1-13(31-24(30)18-8-5-11-25-23(18)32-2)22(29)26-14-9-10-17-19(12-14)21(28)16-7-4-3-6-15(16)20(17)27/h3-13H,1-2H3,(H,26,29). The Balaban J connectivity index is 1.50. The van der Waals surface area contributed by atoms with Gasteiger partial charge in [0.2, 0.25) is 0 Å². The number of carbonyl (C=O) groups excluding carboxylic acids is 4. The SMILES string of the molecule is CSc1ncccc1C(=O)OC(C)C(=O)Nc1ccc2c(c1)C(=O)c1ccccc1C2=O. The Morgan fingerprint density at radius 1 is 0.938 bits per heavy atom. The predicted molar refractivity (Wildman–Crippen MR) is 119 cm³/mol. The van der Waals surface area contributed by atoms with Crippen LogP contribution in [0.4, 0.5) is 5.69 Å². The highest BCUT2D eigenvalue weighted by Crippen LogP contribution is 2.29. The molecule has 0 aliphatic heterocycles. The summed E-state index contributed by atoms with van der Waals surface area (Å²) in [6, 6.07) is 14.3. The smallest absolute Gasteiger partial charge is 0.341 e. The topological polar surface area (TPSA) is 102 Å². The lowest BCUT2D eigenvalue weighted by Gasteiger charge is -2.19. The lowest BCUT2D eigenvalue weighted by molar-refractivity contribution is -0.123. The lowest BCUT2D eigenvalue weighted by atomic mass is 9.84. The van der Waals surface area contributed by atoms with E-state index in [2.05, 4.69) is 10.3 Å². The van der Waals surface area contributed by atoms with Gasteiger partial charge in [-0.1, -0.05) is 24.3 Å². The molecule has 160 valence electrons. The fraction of sp³-hybridized carbons (Fsp3) is 0.125. The second kappa shape index (κ2) is 8.76. The van der Waals surface area contributed by atoms with Crippen LogP contribution in [-0.4, -0.2) is 40.8 Å². The number of nitrogens with zero attached hydrogens (tertiary/aromatic N) is 1. The zero-order valence-corrected chi connectivity index (χ0v) is 18.1. The number of esters is 1. The molecule has 32 heavy (non-hydrogen) atoms. The summed E-state index contributed by atoms with van der Waals surface area (Å²) < 4.78 is 5.28. The van der Waals surface area contributed by atoms with Gasteiger partial charge in [-0.25, -0.2) is 9.78 Å². The van der Waals surface area contributed by atoms with Crippen molar-refractivity contribution in [3.05, 3.63) is 88.6 Å². The van der Waals surface area contributed by atoms with Crippen LogP contribution in [0.2, 0.25) is 0 Å². The number of hydrogen-bond donors (Lipinski definition) is 1. The van der Waals surface area contributed by atoms with Gasteiger partial charge in [-0.15, -0.1) is 11.8 Å². The maximum absolute atomic E-state index is 12.8. The maximum Gasteiger partial charge on any atom is 0.341 e. The number of ether oxygens (including phenoxy) is 1. The summed E-state index contributed by atoms with van der Waals surface area (Å²) in [6.07, 6.45) is 2.26. The second-order valence-electron chi connectivity index (χ2n) is 7.06. The summed E-state index contributed by atoms with van der Waals surface area (Å²) in [5.41, 5.74) is 1.79. The van der Waals surface area contributed by atoms with Crippen molar-refractivity contribution in [3.8, 4) is 0 Å². The van der Waals surface area contributed by atoms with Crippen molar-refractivity contribution in [2.45, 2.75) is 18.1 Å². The van der Waals surface area contributed by atoms with Crippen LogP contribution >= 0.6 is 11.8 Å². The highest BCUT2D eigenvalue weighted by Gasteiger charge is 2.30. The number of pyridine rings is 1. The van der Waals surface area contributed by atoms with E-state index in [-0.39, 0.29) is 28.3 Å². The summed E-state index contributed by atoms with van der Waals surface area (Å²) in [7, 11) is 0. The van der Waals surface area contributed by atoms with Gasteiger partial charge in [-0.3, -0.25) is 14.4 Å². The minimum absolute atomic E-state index is 0.219. The summed E-state index contributed by atoms with van der Waals surface area (Å²) in [5.74, 6) is -1.75. The first-order chi connectivity index (χ1) is 15.4. The highest BCUT2D eigenvalue weighted by molar-refractivity contribution is 7.98. The Morgan fingerprint density at radius 2 is 1.59 bits per heavy atom. The second-order valence-corrected chi connectivity index (χ2v) is 7.86. The van der Waals surface area contributed by atoms with E-state index < -0.39 is 18.0 Å². The van der Waals surface area contributed by atoms with Gasteiger partial charge in [0.15, 0.2) is 17.7 Å². The van der Waals surface area contributed by atoms with E-state index in [1.165, 1.54) is 36.9 Å². The fourth-order valence-corrected chi connectivity index (χ4v) is 3.94. The summed E-state index contributed by atoms with van der Waals surface area (Å²) >= 11 is 1.30. The van der Waals surface area contributed by atoms with Gasteiger partial charge in [0.1, 0.15) is 5.03 Å². The number of fused-ring (bicyclic) bond motifs is 2. The first kappa shape index (κ1) is 21.5. The normalized spacial score (nSPS) is 13.1. The van der Waals surface area contributed by atoms with Crippen molar-refractivity contribution in [2.24, 2.45) is 0 Å². The first-order valence-corrected chi connectivity index (χ1v) is 11.0. The Morgan fingerprint density at radius 3 is 2.28 bits per heavy atom. The molecule has 0 bridgehead atoms. The van der Waals surface area contributed by atoms with Gasteiger partial charge < -0.3 is 10.1 Å². The number of ketones is 2. The zero-order valence-electron chi connectivity index (χ0n) is 17.2. The molecule has 1 heterocycles. The van der Waals surface area contributed by atoms with E-state index in [1.54, 1.807) is 48.9 Å². The Hall–Kier alpha value is -3.78. The van der Waals surface area contributed by atoms with Crippen LogP contribution in [0, 0.1) is 0 Å². The number of anilines is 1. The number of carbonyl (C=O) groups is 4. The number of rotatable bonds is 5. The number of aromatic nitrogens is 1. The maximum atomic E-state index is 12.8. The number of thioether (sulfide) groups is 1. The van der Waals surface area contributed by atoms with E-state index >= 15 is 0 Å². The van der Waals surface area contributed by atoms with E-state index in [9.17, 15) is 19.2 Å². The highest BCUT2D eigenvalue weighted by atomic mass is 32.2. The number of nitrogens with one attached hydrogen (secondary N) is 1. The number of benzene rings is 2. The molecule has 3 aromatic rings. The third-order valence-corrected chi connectivity index (χ3v) is 5.74. The van der Waals surface area contributed by atoms with Crippen LogP contribution in [-0.2, 0) is 9.53 Å². The van der Waals surface area contributed by atoms with Gasteiger partial charge in [-0.2, -0.15) is 0 Å². The molecule has 1 unspecified atom stereocenters. The third kappa shape index (κ3) is 3.92. The van der Waals surface area contributed by atoms with Crippen molar-refractivity contribution >= 4 is 40.9 Å². The van der Waals surface area contributed by atoms with Crippen molar-refractivity contribution < 1.29 is 23.9 Å². The van der Waals surface area contributed by atoms with E-state index in [1.807, 2.05) is 0 Å². The van der Waals surface area contributed by atoms with Gasteiger partial charge in [0.25, 0.3) is 5.91 Å². The average molecular weight is 446 g/mol. The molecule has 1 amide bonds. The van der Waals surface area contributed by atoms with E-state index in [4.69, 9.17) is 4.74 Å². The lowest BCUT2D eigenvalue weighted by Crippen LogP contribution is -2.30. The summed E-state index contributed by atoms with van der Waals surface area (Å²) in [4.78, 5) is 54.7. The van der Waals surface area contributed by atoms with Crippen LogP contribution in [0.25, 0.3) is 0 Å². The Bertz CT molecular complexity index is 1270. The average Bonchev–Trinajstić information content (AvgIpc) is 2.82. The van der Waals surface area contributed by atoms with Crippen LogP contribution in [0.15, 0.2) is 65.8 Å². The molecule has 8 heteroatoms. The van der Waals surface area contributed by atoms with Gasteiger partial charge in [-0.05, 0) is 43.5 Å². The molecule has 0 saturated heterocycles. The molecular weight excluding hydrogens is 428 g/mol. The minimum Gasteiger partial charge on any atom is -0.449 e. The fourth-order valence-electron chi connectivity index (χ4n) is 3.41. The minimum atomic E-state index is -1.09. The third-order valence-electron chi connectivity index (χ3n) is 5.03. The van der Waals surface area contributed by atoms with Crippen LogP contribution in [0.3, 0.4) is 0 Å². The number of hydrogen-bond acceptors (Lipinski definition) is 7. The van der Waals surface area contributed by atoms with Crippen molar-refractivity contribution in [1.82, 2.24) is 4.98 Å². The molecule has 1 aliphatic carbocycles. The van der Waals surface area contributed by atoms with Crippen LogP contribution < -0.4 is 5.32 Å². The quantitative estimate of drug-likeness (QED) is 0.368. The largest absolute Gasteiger partial charge is 0.449 e. The molecule has 1 aliphatic rings. The zero-order chi connectivity index (χ0) is 22.8. The molecule has 1 atom stereocenters. The van der Waals surface area contributed by atoms with Crippen molar-refractivity contribution in [1.29, 1.82) is 0 Å². The molecule has 4 rings (SSSR count). The van der Waals surface area contributed by atoms with Crippen molar-refractivity contribution in [2.75, 3.05) is 11.6 Å². The molecule has 1 aromatic heterocycles. The van der Waals surface area contributed by atoms with Crippen LogP contribution in [0.1, 0.15) is 49.1 Å². The Labute approximate surface area is 188 Å². The molecule has 2 aromatic carbocycles. The monoisotopic (exact) mass is 446 g/mol. The molecule has 1 N–H and O–H groups in total. The predicted octanol–water partition coefficient (Wildman–Crippen LogP) is 3.76. The molecular formula is C24H18N2O5S. The van der Waals surface area contributed by atoms with Gasteiger partial charge in [0.05, 0.1) is 5.56 Å². The summed E-state index contributed by atoms with van der Waals surface area (Å²) in [5, 5.41) is 3.14. The molecule has 0 saturated carbocycles. The number of amides is 1. The molecule has 0 spiro atoms. The van der Waals surface area contributed by atoms with Gasteiger partial charge in [0, 0.05) is 34.1 Å². The summed E-state index contributed by atoms with van der Waals surface area (Å²) in [6.45, 7) is 1.45. The first-order valence-electron chi connectivity index (χ1n) is 9.74. The van der Waals surface area contributed by atoms with E-state index in [0.717, 1.165) is 0 Å². The molecule has 0 fully saturated rings. The molecule has 7 nitrogen and oxygen atoms in total. The van der Waals surface area contributed by atoms with Gasteiger partial charge >= 0.3 is 5.97 Å². The van der Waals surface area contributed by atoms with Crippen molar-refractivity contribution in [3.63, 3.8) is 0 Å². The van der Waals surface area contributed by atoms with E-state index in [0.29, 0.717) is 21.8 Å².